The molecule has 4 nitrogen and oxygen atoms in total. The van der Waals surface area contributed by atoms with Gasteiger partial charge in [-0.15, -0.1) is 0 Å². The Bertz CT molecular complexity index is 438. The third-order valence-corrected chi connectivity index (χ3v) is 3.49. The lowest BCUT2D eigenvalue weighted by Gasteiger charge is -2.31. The molecule has 1 heterocycles. The molecule has 1 fully saturated rings. The minimum Gasteiger partial charge on any atom is -0.358 e. The van der Waals surface area contributed by atoms with E-state index in [-0.39, 0.29) is 11.9 Å². The Morgan fingerprint density at radius 2 is 2.00 bits per heavy atom. The number of likely N-dealkylation sites (N-methyl/N-ethyl adjacent to an activating group) is 1. The molecule has 0 spiro atoms. The lowest BCUT2D eigenvalue weighted by molar-refractivity contribution is -0.121. The number of carbonyl (C=O) groups excluding carboxylic acids is 1. The summed E-state index contributed by atoms with van der Waals surface area (Å²) in [6.07, 6.45) is 0.985. The molecular weight excluding hydrogens is 238 g/mol. The fraction of sp³-hybridized carbons (Fsp3) is 0.533. The topological polar surface area (TPSA) is 44.4 Å². The van der Waals surface area contributed by atoms with Crippen LogP contribution in [0.2, 0.25) is 0 Å². The summed E-state index contributed by atoms with van der Waals surface area (Å²) >= 11 is 0. The van der Waals surface area contributed by atoms with Crippen LogP contribution in [0.1, 0.15) is 17.5 Å². The number of nitrogens with zero attached hydrogens (tertiary/aromatic N) is 1. The van der Waals surface area contributed by atoms with E-state index in [2.05, 4.69) is 47.6 Å². The van der Waals surface area contributed by atoms with Crippen LogP contribution >= 0.6 is 0 Å². The molecule has 1 aromatic rings. The van der Waals surface area contributed by atoms with Crippen molar-refractivity contribution in [2.24, 2.45) is 0 Å². The molecule has 1 aliphatic heterocycles. The van der Waals surface area contributed by atoms with Crippen molar-refractivity contribution in [2.75, 3.05) is 31.6 Å². The molecule has 1 unspecified atom stereocenters. The normalized spacial score (nSPS) is 20.1. The van der Waals surface area contributed by atoms with Crippen LogP contribution in [0.3, 0.4) is 0 Å². The zero-order valence-electron chi connectivity index (χ0n) is 12.0. The lowest BCUT2D eigenvalue weighted by Crippen LogP contribution is -2.49. The van der Waals surface area contributed by atoms with Gasteiger partial charge in [0.15, 0.2) is 0 Å². The van der Waals surface area contributed by atoms with E-state index >= 15 is 0 Å². The molecule has 19 heavy (non-hydrogen) atoms. The molecule has 1 aromatic carbocycles. The average molecular weight is 261 g/mol. The molecule has 1 atom stereocenters. The van der Waals surface area contributed by atoms with E-state index < -0.39 is 0 Å². The van der Waals surface area contributed by atoms with Crippen molar-refractivity contribution in [2.45, 2.75) is 26.3 Å². The first-order chi connectivity index (χ1) is 9.11. The first-order valence-electron chi connectivity index (χ1n) is 6.89. The maximum absolute atomic E-state index is 12.2. The van der Waals surface area contributed by atoms with Gasteiger partial charge in [-0.25, -0.2) is 0 Å². The molecule has 2 N–H and O–H groups in total. The minimum absolute atomic E-state index is 0.117. The summed E-state index contributed by atoms with van der Waals surface area (Å²) in [5, 5.41) is 6.11. The molecular formula is C15H23N3O. The van der Waals surface area contributed by atoms with Gasteiger partial charge in [-0.1, -0.05) is 6.07 Å². The van der Waals surface area contributed by atoms with E-state index in [1.54, 1.807) is 0 Å². The summed E-state index contributed by atoms with van der Waals surface area (Å²) in [7, 11) is 1.89. The molecule has 1 aliphatic rings. The van der Waals surface area contributed by atoms with Crippen LogP contribution in [0.4, 0.5) is 5.69 Å². The minimum atomic E-state index is -0.131. The third-order valence-electron chi connectivity index (χ3n) is 3.49. The summed E-state index contributed by atoms with van der Waals surface area (Å²) in [6.45, 7) is 6.54. The van der Waals surface area contributed by atoms with Crippen molar-refractivity contribution in [3.63, 3.8) is 0 Å². The van der Waals surface area contributed by atoms with Gasteiger partial charge >= 0.3 is 0 Å². The fourth-order valence-corrected chi connectivity index (χ4v) is 2.70. The van der Waals surface area contributed by atoms with Crippen molar-refractivity contribution < 1.29 is 4.79 Å². The highest BCUT2D eigenvalue weighted by Gasteiger charge is 2.27. The number of carbonyl (C=O) groups is 1. The van der Waals surface area contributed by atoms with Gasteiger partial charge < -0.3 is 15.5 Å². The Hall–Kier alpha value is -1.55. The molecule has 0 aromatic heterocycles. The van der Waals surface area contributed by atoms with Gasteiger partial charge in [0.2, 0.25) is 5.91 Å². The van der Waals surface area contributed by atoms with Crippen molar-refractivity contribution >= 4 is 11.6 Å². The van der Waals surface area contributed by atoms with E-state index in [4.69, 9.17) is 0 Å². The maximum Gasteiger partial charge on any atom is 0.244 e. The van der Waals surface area contributed by atoms with E-state index in [1.165, 1.54) is 11.1 Å². The Kier molecular flexibility index (Phi) is 4.43. The molecule has 0 radical (unpaired) electrons. The zero-order valence-corrected chi connectivity index (χ0v) is 12.0. The Morgan fingerprint density at radius 3 is 2.63 bits per heavy atom. The van der Waals surface area contributed by atoms with Crippen molar-refractivity contribution in [3.05, 3.63) is 29.3 Å². The average Bonchev–Trinajstić information content (AvgIpc) is 2.52. The van der Waals surface area contributed by atoms with Crippen LogP contribution in [0.5, 0.6) is 0 Å². The van der Waals surface area contributed by atoms with Gasteiger partial charge in [-0.2, -0.15) is 0 Å². The van der Waals surface area contributed by atoms with Gasteiger partial charge in [0.05, 0.1) is 0 Å². The van der Waals surface area contributed by atoms with Gasteiger partial charge in [0.1, 0.15) is 6.04 Å². The molecule has 104 valence electrons. The lowest BCUT2D eigenvalue weighted by atomic mass is 10.1. The fourth-order valence-electron chi connectivity index (χ4n) is 2.70. The van der Waals surface area contributed by atoms with Crippen LogP contribution in [-0.2, 0) is 4.79 Å². The summed E-state index contributed by atoms with van der Waals surface area (Å²) in [4.78, 5) is 14.4. The smallest absolute Gasteiger partial charge is 0.244 e. The molecule has 4 heteroatoms. The number of anilines is 1. The quantitative estimate of drug-likeness (QED) is 0.860. The number of amides is 1. The second-order valence-electron chi connectivity index (χ2n) is 5.26. The number of nitrogens with one attached hydrogen (secondary N) is 2. The highest BCUT2D eigenvalue weighted by Crippen LogP contribution is 2.22. The molecule has 1 amide bonds. The van der Waals surface area contributed by atoms with Gasteiger partial charge in [-0.3, -0.25) is 4.79 Å². The summed E-state index contributed by atoms with van der Waals surface area (Å²) < 4.78 is 0. The largest absolute Gasteiger partial charge is 0.358 e. The summed E-state index contributed by atoms with van der Waals surface area (Å²) in [5.41, 5.74) is 3.63. The zero-order chi connectivity index (χ0) is 13.8. The van der Waals surface area contributed by atoms with Crippen molar-refractivity contribution in [1.82, 2.24) is 10.6 Å². The monoisotopic (exact) mass is 261 g/mol. The van der Waals surface area contributed by atoms with E-state index in [0.29, 0.717) is 6.54 Å². The van der Waals surface area contributed by atoms with E-state index in [0.717, 1.165) is 25.2 Å². The van der Waals surface area contributed by atoms with Crippen LogP contribution in [0.15, 0.2) is 18.2 Å². The number of hydrogen-bond acceptors (Lipinski definition) is 3. The molecule has 0 bridgehead atoms. The van der Waals surface area contributed by atoms with E-state index in [9.17, 15) is 4.79 Å². The highest BCUT2D eigenvalue weighted by atomic mass is 16.2. The van der Waals surface area contributed by atoms with Gasteiger partial charge in [0.25, 0.3) is 0 Å². The predicted octanol–water partition coefficient (Wildman–Crippen LogP) is 1.22. The molecule has 2 rings (SSSR count). The Morgan fingerprint density at radius 1 is 1.32 bits per heavy atom. The van der Waals surface area contributed by atoms with Crippen LogP contribution < -0.4 is 15.5 Å². The molecule has 0 aliphatic carbocycles. The highest BCUT2D eigenvalue weighted by molar-refractivity contribution is 5.86. The van der Waals surface area contributed by atoms with Crippen LogP contribution in [-0.4, -0.2) is 38.6 Å². The number of rotatable bonds is 3. The third kappa shape index (κ3) is 3.26. The van der Waals surface area contributed by atoms with Gasteiger partial charge in [0, 0.05) is 25.3 Å². The Labute approximate surface area is 115 Å². The van der Waals surface area contributed by atoms with Crippen LogP contribution in [0.25, 0.3) is 0 Å². The van der Waals surface area contributed by atoms with Crippen molar-refractivity contribution in [1.29, 1.82) is 0 Å². The van der Waals surface area contributed by atoms with Crippen LogP contribution in [0, 0.1) is 13.8 Å². The molecule has 1 saturated heterocycles. The number of aryl methyl sites for hydroxylation is 2. The first-order valence-corrected chi connectivity index (χ1v) is 6.89. The standard InChI is InChI=1S/C15H23N3O/c1-11-7-12(2)9-13(8-11)18-6-4-5-17-15(19)14(18)10-16-3/h7-9,14,16H,4-6,10H2,1-3H3,(H,17,19). The number of hydrogen-bond donors (Lipinski definition) is 2. The predicted molar refractivity (Wildman–Crippen MR) is 78.6 cm³/mol. The number of benzene rings is 1. The molecule has 0 saturated carbocycles. The summed E-state index contributed by atoms with van der Waals surface area (Å²) in [6, 6.07) is 6.35. The second kappa shape index (κ2) is 6.06. The second-order valence-corrected chi connectivity index (χ2v) is 5.26. The summed E-state index contributed by atoms with van der Waals surface area (Å²) in [5.74, 6) is 0.117. The maximum atomic E-state index is 12.2. The Balaban J connectivity index is 2.34. The van der Waals surface area contributed by atoms with Crippen molar-refractivity contribution in [3.8, 4) is 0 Å². The first kappa shape index (κ1) is 13.9. The van der Waals surface area contributed by atoms with Gasteiger partial charge in [-0.05, 0) is 50.6 Å². The van der Waals surface area contributed by atoms with E-state index in [1.807, 2.05) is 7.05 Å². The SMILES string of the molecule is CNCC1C(=O)NCCCN1c1cc(C)cc(C)c1.